The Hall–Kier alpha value is -3.24. The predicted molar refractivity (Wildman–Crippen MR) is 78.3 cm³/mol. The van der Waals surface area contributed by atoms with E-state index in [4.69, 9.17) is 9.47 Å². The molecule has 1 aromatic rings. The number of hydrogen-bond acceptors (Lipinski definition) is 8. The molecule has 11 nitrogen and oxygen atoms in total. The fourth-order valence-corrected chi connectivity index (χ4v) is 1.95. The van der Waals surface area contributed by atoms with E-state index in [-0.39, 0.29) is 24.3 Å². The van der Waals surface area contributed by atoms with Gasteiger partial charge in [-0.15, -0.1) is 0 Å². The molecule has 0 saturated carbocycles. The maximum atomic E-state index is 12.0. The Labute approximate surface area is 136 Å². The summed E-state index contributed by atoms with van der Waals surface area (Å²) in [6.07, 6.45) is 0. The predicted octanol–water partition coefficient (Wildman–Crippen LogP) is -0.757. The van der Waals surface area contributed by atoms with Crippen LogP contribution in [0, 0.1) is 0 Å². The summed E-state index contributed by atoms with van der Waals surface area (Å²) in [7, 11) is 2.75. The number of urea groups is 1. The summed E-state index contributed by atoms with van der Waals surface area (Å²) in [5.74, 6) is -2.60. The van der Waals surface area contributed by atoms with Gasteiger partial charge in [-0.3, -0.25) is 24.6 Å². The zero-order chi connectivity index (χ0) is 17.9. The summed E-state index contributed by atoms with van der Waals surface area (Å²) in [5, 5.41) is 2.31. The van der Waals surface area contributed by atoms with Gasteiger partial charge >= 0.3 is 17.8 Å². The normalized spacial score (nSPS) is 14.2. The second-order valence-electron chi connectivity index (χ2n) is 4.55. The van der Waals surface area contributed by atoms with Crippen LogP contribution in [-0.2, 0) is 14.4 Å². The van der Waals surface area contributed by atoms with Crippen molar-refractivity contribution >= 4 is 29.7 Å². The maximum absolute atomic E-state index is 12.0. The highest BCUT2D eigenvalue weighted by molar-refractivity contribution is 6.45. The first-order valence-electron chi connectivity index (χ1n) is 6.85. The van der Waals surface area contributed by atoms with Crippen molar-refractivity contribution < 1.29 is 28.7 Å². The number of rotatable bonds is 6. The molecule has 1 fully saturated rings. The molecule has 11 heteroatoms. The molecule has 0 spiro atoms. The summed E-state index contributed by atoms with van der Waals surface area (Å²) in [5.41, 5.74) is 0. The molecule has 2 heterocycles. The highest BCUT2D eigenvalue weighted by Gasteiger charge is 2.44. The zero-order valence-corrected chi connectivity index (χ0v) is 13.2. The number of imide groups is 2. The van der Waals surface area contributed by atoms with Crippen LogP contribution in [0.4, 0.5) is 10.7 Å². The lowest BCUT2D eigenvalue weighted by atomic mass is 10.4. The Morgan fingerprint density at radius 2 is 1.62 bits per heavy atom. The molecule has 0 unspecified atom stereocenters. The number of aromatic nitrogens is 2. The van der Waals surface area contributed by atoms with E-state index < -0.39 is 30.3 Å². The van der Waals surface area contributed by atoms with Gasteiger partial charge in [0.25, 0.3) is 0 Å². The van der Waals surface area contributed by atoms with E-state index in [2.05, 4.69) is 15.3 Å². The van der Waals surface area contributed by atoms with Gasteiger partial charge in [0.05, 0.1) is 20.3 Å². The quantitative estimate of drug-likeness (QED) is 0.529. The number of methoxy groups -OCH3 is 2. The van der Waals surface area contributed by atoms with Crippen LogP contribution in [0.25, 0.3) is 0 Å². The van der Waals surface area contributed by atoms with E-state index in [0.29, 0.717) is 4.90 Å². The van der Waals surface area contributed by atoms with Crippen LogP contribution in [0.2, 0.25) is 0 Å². The molecule has 5 amide bonds. The minimum Gasteiger partial charge on any atom is -0.481 e. The van der Waals surface area contributed by atoms with Crippen molar-refractivity contribution in [2.24, 2.45) is 0 Å². The van der Waals surface area contributed by atoms with Crippen molar-refractivity contribution in [1.82, 2.24) is 19.8 Å². The Morgan fingerprint density at radius 1 is 1.08 bits per heavy atom. The molecule has 0 aliphatic carbocycles. The van der Waals surface area contributed by atoms with Gasteiger partial charge in [0.1, 0.15) is 6.54 Å². The number of carbonyl (C=O) groups excluding carboxylic acids is 4. The molecule has 1 aliphatic rings. The van der Waals surface area contributed by atoms with Crippen molar-refractivity contribution in [3.63, 3.8) is 0 Å². The molecule has 0 bridgehead atoms. The molecule has 2 rings (SSSR count). The molecule has 0 atom stereocenters. The van der Waals surface area contributed by atoms with E-state index in [0.717, 1.165) is 4.90 Å². The van der Waals surface area contributed by atoms with Crippen molar-refractivity contribution in [1.29, 1.82) is 0 Å². The molecule has 1 aliphatic heterocycles. The average molecular weight is 337 g/mol. The van der Waals surface area contributed by atoms with Crippen LogP contribution in [0.5, 0.6) is 11.8 Å². The first kappa shape index (κ1) is 17.1. The number of carbonyl (C=O) groups is 4. The highest BCUT2D eigenvalue weighted by Crippen LogP contribution is 2.17. The van der Waals surface area contributed by atoms with E-state index in [1.54, 1.807) is 6.92 Å². The van der Waals surface area contributed by atoms with Crippen molar-refractivity contribution in [3.05, 3.63) is 6.07 Å². The molecular formula is C13H15N5O6. The fourth-order valence-electron chi connectivity index (χ4n) is 1.95. The Kier molecular flexibility index (Phi) is 4.92. The largest absolute Gasteiger partial charge is 0.481 e. The van der Waals surface area contributed by atoms with Gasteiger partial charge in [0.15, 0.2) is 0 Å². The van der Waals surface area contributed by atoms with E-state index in [1.165, 1.54) is 20.3 Å². The molecule has 1 aromatic heterocycles. The minimum absolute atomic E-state index is 0.0394. The van der Waals surface area contributed by atoms with Gasteiger partial charge in [-0.05, 0) is 6.92 Å². The maximum Gasteiger partial charge on any atom is 0.334 e. The highest BCUT2D eigenvalue weighted by atomic mass is 16.5. The first-order valence-corrected chi connectivity index (χ1v) is 6.85. The summed E-state index contributed by atoms with van der Waals surface area (Å²) >= 11 is 0. The zero-order valence-electron chi connectivity index (χ0n) is 13.2. The number of hydrogen-bond donors (Lipinski definition) is 1. The van der Waals surface area contributed by atoms with Crippen LogP contribution >= 0.6 is 0 Å². The van der Waals surface area contributed by atoms with Gasteiger partial charge in [-0.25, -0.2) is 9.69 Å². The van der Waals surface area contributed by atoms with Crippen LogP contribution in [-0.4, -0.2) is 70.8 Å². The first-order chi connectivity index (χ1) is 11.4. The van der Waals surface area contributed by atoms with Crippen LogP contribution in [0.1, 0.15) is 6.92 Å². The summed E-state index contributed by atoms with van der Waals surface area (Å²) in [6.45, 7) is 0.948. The number of likely N-dealkylation sites (N-methyl/N-ethyl adjacent to an activating group) is 1. The number of anilines is 1. The van der Waals surface area contributed by atoms with Crippen molar-refractivity contribution in [2.45, 2.75) is 6.92 Å². The monoisotopic (exact) mass is 337 g/mol. The molecule has 24 heavy (non-hydrogen) atoms. The Balaban J connectivity index is 2.10. The van der Waals surface area contributed by atoms with Gasteiger partial charge < -0.3 is 9.47 Å². The van der Waals surface area contributed by atoms with Crippen LogP contribution in [0.15, 0.2) is 6.07 Å². The molecule has 0 radical (unpaired) electrons. The Bertz CT molecular complexity index is 684. The average Bonchev–Trinajstić information content (AvgIpc) is 2.77. The number of nitrogens with zero attached hydrogens (tertiary/aromatic N) is 4. The van der Waals surface area contributed by atoms with Crippen LogP contribution in [0.3, 0.4) is 0 Å². The number of nitrogens with one attached hydrogen (secondary N) is 1. The summed E-state index contributed by atoms with van der Waals surface area (Å²) in [6, 6.07) is 0.563. The van der Waals surface area contributed by atoms with Crippen LogP contribution < -0.4 is 14.8 Å². The van der Waals surface area contributed by atoms with Gasteiger partial charge in [-0.2, -0.15) is 9.97 Å². The van der Waals surface area contributed by atoms with E-state index in [9.17, 15) is 19.2 Å². The topological polar surface area (TPSA) is 131 Å². The lowest BCUT2D eigenvalue weighted by Gasteiger charge is -2.13. The smallest absolute Gasteiger partial charge is 0.334 e. The van der Waals surface area contributed by atoms with Crippen molar-refractivity contribution in [3.8, 4) is 11.8 Å². The van der Waals surface area contributed by atoms with Gasteiger partial charge in [-0.1, -0.05) is 0 Å². The Morgan fingerprint density at radius 3 is 2.08 bits per heavy atom. The standard InChI is InChI=1S/C13H15N5O6/c1-4-17-10(20)11(21)18(13(17)22)6-7(19)14-12-15-8(23-2)5-9(16-12)24-3/h5H,4,6H2,1-3H3,(H,14,15,16,19). The fraction of sp³-hybridized carbons (Fsp3) is 0.385. The lowest BCUT2D eigenvalue weighted by Crippen LogP contribution is -2.39. The second kappa shape index (κ2) is 6.89. The second-order valence-corrected chi connectivity index (χ2v) is 4.55. The number of ether oxygens (including phenoxy) is 2. The number of amides is 5. The van der Waals surface area contributed by atoms with E-state index in [1.807, 2.05) is 0 Å². The summed E-state index contributed by atoms with van der Waals surface area (Å²) < 4.78 is 9.87. The third-order valence-electron chi connectivity index (χ3n) is 3.10. The molecular weight excluding hydrogens is 322 g/mol. The molecule has 0 aromatic carbocycles. The van der Waals surface area contributed by atoms with Crippen molar-refractivity contribution in [2.75, 3.05) is 32.6 Å². The molecule has 128 valence electrons. The third-order valence-corrected chi connectivity index (χ3v) is 3.10. The van der Waals surface area contributed by atoms with E-state index >= 15 is 0 Å². The summed E-state index contributed by atoms with van der Waals surface area (Å²) in [4.78, 5) is 56.3. The van der Waals surface area contributed by atoms with Gasteiger partial charge in [0.2, 0.25) is 23.6 Å². The van der Waals surface area contributed by atoms with Gasteiger partial charge in [0, 0.05) is 6.54 Å². The lowest BCUT2D eigenvalue weighted by molar-refractivity contribution is -0.143. The SMILES string of the molecule is CCN1C(=O)C(=O)N(CC(=O)Nc2nc(OC)cc(OC)n2)C1=O. The molecule has 1 saturated heterocycles. The third kappa shape index (κ3) is 3.24. The molecule has 1 N–H and O–H groups in total. The minimum atomic E-state index is -1.05.